The topological polar surface area (TPSA) is 35.2 Å². The molecule has 0 fully saturated rings. The maximum atomic E-state index is 5.78. The Hall–Kier alpha value is -1.02. The van der Waals surface area contributed by atoms with Gasteiger partial charge < -0.3 is 10.5 Å². The van der Waals surface area contributed by atoms with Crippen LogP contribution in [0.3, 0.4) is 0 Å². The summed E-state index contributed by atoms with van der Waals surface area (Å²) in [6.07, 6.45) is 0. The molecule has 0 amide bonds. The van der Waals surface area contributed by atoms with E-state index >= 15 is 0 Å². The van der Waals surface area contributed by atoms with Crippen molar-refractivity contribution in [1.29, 1.82) is 0 Å². The van der Waals surface area contributed by atoms with Crippen LogP contribution in [0.5, 0.6) is 5.75 Å². The van der Waals surface area contributed by atoms with Gasteiger partial charge in [0.05, 0.1) is 7.11 Å². The van der Waals surface area contributed by atoms with Gasteiger partial charge in [0.15, 0.2) is 0 Å². The number of hydrogen-bond donors (Lipinski definition) is 1. The Labute approximate surface area is 73.3 Å². The second-order valence-electron chi connectivity index (χ2n) is 2.96. The van der Waals surface area contributed by atoms with E-state index in [0.717, 1.165) is 16.9 Å². The summed E-state index contributed by atoms with van der Waals surface area (Å²) in [6, 6.07) is 6.01. The molecule has 0 spiro atoms. The van der Waals surface area contributed by atoms with Crippen LogP contribution in [-0.4, -0.2) is 7.11 Å². The SMILES string of the molecule is COc1cccc([C@H](C)N)c1C. The van der Waals surface area contributed by atoms with Crippen molar-refractivity contribution in [2.75, 3.05) is 7.11 Å². The van der Waals surface area contributed by atoms with E-state index in [1.165, 1.54) is 0 Å². The summed E-state index contributed by atoms with van der Waals surface area (Å²) >= 11 is 0. The molecule has 2 N–H and O–H groups in total. The Balaban J connectivity index is 3.14. The number of nitrogens with two attached hydrogens (primary N) is 1. The first-order chi connectivity index (χ1) is 5.66. The number of ether oxygens (including phenoxy) is 1. The Kier molecular flexibility index (Phi) is 2.71. The molecule has 0 saturated heterocycles. The molecule has 1 atom stereocenters. The van der Waals surface area contributed by atoms with Gasteiger partial charge >= 0.3 is 0 Å². The Morgan fingerprint density at radius 1 is 1.42 bits per heavy atom. The molecule has 1 aromatic rings. The minimum absolute atomic E-state index is 0.0695. The number of hydrogen-bond acceptors (Lipinski definition) is 2. The van der Waals surface area contributed by atoms with Crippen molar-refractivity contribution in [3.05, 3.63) is 29.3 Å². The van der Waals surface area contributed by atoms with Crippen LogP contribution in [0.1, 0.15) is 24.1 Å². The third-order valence-corrected chi connectivity index (χ3v) is 2.04. The van der Waals surface area contributed by atoms with Crippen molar-refractivity contribution >= 4 is 0 Å². The highest BCUT2D eigenvalue weighted by atomic mass is 16.5. The van der Waals surface area contributed by atoms with Gasteiger partial charge in [0.2, 0.25) is 0 Å². The largest absolute Gasteiger partial charge is 0.496 e. The Morgan fingerprint density at radius 3 is 2.58 bits per heavy atom. The number of methoxy groups -OCH3 is 1. The zero-order valence-electron chi connectivity index (χ0n) is 7.79. The van der Waals surface area contributed by atoms with E-state index in [0.29, 0.717) is 0 Å². The minimum atomic E-state index is 0.0695. The second kappa shape index (κ2) is 3.59. The molecule has 2 heteroatoms. The first kappa shape index (κ1) is 9.07. The first-order valence-corrected chi connectivity index (χ1v) is 4.06. The smallest absolute Gasteiger partial charge is 0.122 e. The van der Waals surface area contributed by atoms with Crippen LogP contribution >= 0.6 is 0 Å². The highest BCUT2D eigenvalue weighted by Gasteiger charge is 2.06. The van der Waals surface area contributed by atoms with Gasteiger partial charge in [-0.25, -0.2) is 0 Å². The lowest BCUT2D eigenvalue weighted by atomic mass is 10.0. The van der Waals surface area contributed by atoms with Crippen LogP contribution in [-0.2, 0) is 0 Å². The van der Waals surface area contributed by atoms with E-state index in [2.05, 4.69) is 0 Å². The zero-order chi connectivity index (χ0) is 9.14. The highest BCUT2D eigenvalue weighted by Crippen LogP contribution is 2.24. The van der Waals surface area contributed by atoms with Crippen LogP contribution in [0.25, 0.3) is 0 Å². The zero-order valence-corrected chi connectivity index (χ0v) is 7.79. The molecule has 66 valence electrons. The van der Waals surface area contributed by atoms with Gasteiger partial charge in [-0.05, 0) is 31.0 Å². The number of rotatable bonds is 2. The third-order valence-electron chi connectivity index (χ3n) is 2.04. The molecule has 1 aromatic carbocycles. The van der Waals surface area contributed by atoms with Crippen molar-refractivity contribution in [1.82, 2.24) is 0 Å². The molecular formula is C10H15NO. The summed E-state index contributed by atoms with van der Waals surface area (Å²) in [5.41, 5.74) is 8.06. The lowest BCUT2D eigenvalue weighted by molar-refractivity contribution is 0.410. The molecule has 0 saturated carbocycles. The van der Waals surface area contributed by atoms with Gasteiger partial charge in [0, 0.05) is 6.04 Å². The highest BCUT2D eigenvalue weighted by molar-refractivity contribution is 5.40. The molecule has 0 aliphatic heterocycles. The normalized spacial score (nSPS) is 12.7. The van der Waals surface area contributed by atoms with Crippen molar-refractivity contribution in [3.8, 4) is 5.75 Å². The molecular weight excluding hydrogens is 150 g/mol. The fourth-order valence-corrected chi connectivity index (χ4v) is 1.35. The molecule has 0 heterocycles. The van der Waals surface area contributed by atoms with E-state index < -0.39 is 0 Å². The average Bonchev–Trinajstić information content (AvgIpc) is 2.04. The van der Waals surface area contributed by atoms with E-state index in [1.54, 1.807) is 7.11 Å². The predicted octanol–water partition coefficient (Wildman–Crippen LogP) is 2.02. The summed E-state index contributed by atoms with van der Waals surface area (Å²) in [7, 11) is 1.67. The molecule has 0 unspecified atom stereocenters. The van der Waals surface area contributed by atoms with Gasteiger partial charge in [-0.15, -0.1) is 0 Å². The second-order valence-corrected chi connectivity index (χ2v) is 2.96. The van der Waals surface area contributed by atoms with E-state index in [-0.39, 0.29) is 6.04 Å². The molecule has 0 aliphatic carbocycles. The third kappa shape index (κ3) is 1.59. The molecule has 2 nitrogen and oxygen atoms in total. The fraction of sp³-hybridized carbons (Fsp3) is 0.400. The van der Waals surface area contributed by atoms with Gasteiger partial charge in [-0.2, -0.15) is 0 Å². The molecule has 0 aliphatic rings. The van der Waals surface area contributed by atoms with Crippen LogP contribution in [0.2, 0.25) is 0 Å². The fourth-order valence-electron chi connectivity index (χ4n) is 1.35. The molecule has 0 aromatic heterocycles. The number of benzene rings is 1. The molecule has 0 radical (unpaired) electrons. The Bertz CT molecular complexity index is 269. The van der Waals surface area contributed by atoms with E-state index in [4.69, 9.17) is 10.5 Å². The summed E-state index contributed by atoms with van der Waals surface area (Å²) in [4.78, 5) is 0. The quantitative estimate of drug-likeness (QED) is 0.727. The van der Waals surface area contributed by atoms with Crippen molar-refractivity contribution in [3.63, 3.8) is 0 Å². The standard InChI is InChI=1S/C10H15NO/c1-7-9(8(2)11)5-4-6-10(7)12-3/h4-6,8H,11H2,1-3H3/t8-/m0/s1. The lowest BCUT2D eigenvalue weighted by Crippen LogP contribution is -2.07. The van der Waals surface area contributed by atoms with Crippen LogP contribution < -0.4 is 10.5 Å². The first-order valence-electron chi connectivity index (χ1n) is 4.06. The predicted molar refractivity (Wildman–Crippen MR) is 50.3 cm³/mol. The lowest BCUT2D eigenvalue weighted by Gasteiger charge is -2.12. The Morgan fingerprint density at radius 2 is 2.08 bits per heavy atom. The average molecular weight is 165 g/mol. The van der Waals surface area contributed by atoms with Crippen molar-refractivity contribution in [2.24, 2.45) is 5.73 Å². The monoisotopic (exact) mass is 165 g/mol. The van der Waals surface area contributed by atoms with Crippen LogP contribution in [0, 0.1) is 6.92 Å². The van der Waals surface area contributed by atoms with E-state index in [9.17, 15) is 0 Å². The summed E-state index contributed by atoms with van der Waals surface area (Å²) in [6.45, 7) is 4.00. The van der Waals surface area contributed by atoms with Gasteiger partial charge in [0.25, 0.3) is 0 Å². The van der Waals surface area contributed by atoms with E-state index in [1.807, 2.05) is 32.0 Å². The van der Waals surface area contributed by atoms with Crippen LogP contribution in [0.4, 0.5) is 0 Å². The summed E-state index contributed by atoms with van der Waals surface area (Å²) < 4.78 is 5.18. The van der Waals surface area contributed by atoms with Gasteiger partial charge in [-0.3, -0.25) is 0 Å². The summed E-state index contributed by atoms with van der Waals surface area (Å²) in [5.74, 6) is 0.907. The van der Waals surface area contributed by atoms with Crippen LogP contribution in [0.15, 0.2) is 18.2 Å². The molecule has 0 bridgehead atoms. The maximum absolute atomic E-state index is 5.78. The molecule has 12 heavy (non-hydrogen) atoms. The molecule has 1 rings (SSSR count). The van der Waals surface area contributed by atoms with Gasteiger partial charge in [-0.1, -0.05) is 12.1 Å². The van der Waals surface area contributed by atoms with Gasteiger partial charge in [0.1, 0.15) is 5.75 Å². The maximum Gasteiger partial charge on any atom is 0.122 e. The van der Waals surface area contributed by atoms with Crippen molar-refractivity contribution in [2.45, 2.75) is 19.9 Å². The summed E-state index contributed by atoms with van der Waals surface area (Å²) in [5, 5.41) is 0. The minimum Gasteiger partial charge on any atom is -0.496 e. The van der Waals surface area contributed by atoms with Crippen molar-refractivity contribution < 1.29 is 4.74 Å².